The first-order chi connectivity index (χ1) is 9.26. The van der Waals surface area contributed by atoms with E-state index in [0.717, 1.165) is 49.2 Å². The fourth-order valence-electron chi connectivity index (χ4n) is 2.98. The number of halogens is 1. The second kappa shape index (κ2) is 4.29. The van der Waals surface area contributed by atoms with Gasteiger partial charge in [0.15, 0.2) is 11.5 Å². The first-order valence-corrected chi connectivity index (χ1v) is 7.43. The second-order valence-corrected chi connectivity index (χ2v) is 6.49. The van der Waals surface area contributed by atoms with Gasteiger partial charge in [0.2, 0.25) is 0 Å². The average Bonchev–Trinajstić information content (AvgIpc) is 3.03. The molecule has 3 aliphatic rings. The first-order valence-electron chi connectivity index (χ1n) is 7.06. The van der Waals surface area contributed by atoms with E-state index in [2.05, 4.69) is 11.4 Å². The van der Waals surface area contributed by atoms with E-state index in [9.17, 15) is 0 Å². The third-order valence-electron chi connectivity index (χ3n) is 4.59. The molecule has 1 saturated heterocycles. The van der Waals surface area contributed by atoms with Gasteiger partial charge in [-0.15, -0.1) is 0 Å². The lowest BCUT2D eigenvalue weighted by molar-refractivity contribution is 0.197. The summed E-state index contributed by atoms with van der Waals surface area (Å²) in [5, 5.41) is 4.19. The highest BCUT2D eigenvalue weighted by Crippen LogP contribution is 2.50. The smallest absolute Gasteiger partial charge is 0.162 e. The lowest BCUT2D eigenvalue weighted by Crippen LogP contribution is -2.17. The minimum absolute atomic E-state index is 0.278. The minimum Gasteiger partial charge on any atom is -0.489 e. The van der Waals surface area contributed by atoms with Crippen molar-refractivity contribution in [3.63, 3.8) is 0 Å². The van der Waals surface area contributed by atoms with E-state index in [1.807, 2.05) is 6.07 Å². The van der Waals surface area contributed by atoms with Crippen LogP contribution in [0.2, 0.25) is 5.02 Å². The molecule has 102 valence electrons. The van der Waals surface area contributed by atoms with E-state index in [0.29, 0.717) is 5.92 Å². The summed E-state index contributed by atoms with van der Waals surface area (Å²) in [7, 11) is 0. The second-order valence-electron chi connectivity index (χ2n) is 6.09. The van der Waals surface area contributed by atoms with E-state index < -0.39 is 0 Å². The molecule has 2 heterocycles. The van der Waals surface area contributed by atoms with Crippen molar-refractivity contribution in [1.82, 2.24) is 5.32 Å². The third-order valence-corrected chi connectivity index (χ3v) is 4.92. The molecule has 19 heavy (non-hydrogen) atoms. The Morgan fingerprint density at radius 3 is 2.53 bits per heavy atom. The fraction of sp³-hybridized carbons (Fsp3) is 0.600. The number of benzene rings is 1. The Morgan fingerprint density at radius 1 is 1.16 bits per heavy atom. The Bertz CT molecular complexity index is 507. The zero-order valence-corrected chi connectivity index (χ0v) is 11.6. The van der Waals surface area contributed by atoms with E-state index >= 15 is 0 Å². The Balaban J connectivity index is 1.67. The summed E-state index contributed by atoms with van der Waals surface area (Å²) in [5.74, 6) is 2.18. The molecule has 1 unspecified atom stereocenters. The van der Waals surface area contributed by atoms with Crippen LogP contribution < -0.4 is 14.8 Å². The van der Waals surface area contributed by atoms with Crippen LogP contribution in [-0.4, -0.2) is 26.3 Å². The van der Waals surface area contributed by atoms with Crippen molar-refractivity contribution in [3.8, 4) is 11.5 Å². The van der Waals surface area contributed by atoms with E-state index in [1.54, 1.807) is 0 Å². The molecule has 1 aliphatic carbocycles. The highest BCUT2D eigenvalue weighted by atomic mass is 35.5. The molecule has 4 heteroatoms. The van der Waals surface area contributed by atoms with Gasteiger partial charge in [0, 0.05) is 23.0 Å². The molecule has 0 bridgehead atoms. The summed E-state index contributed by atoms with van der Waals surface area (Å²) < 4.78 is 11.9. The van der Waals surface area contributed by atoms with Crippen molar-refractivity contribution in [3.05, 3.63) is 22.7 Å². The summed E-state index contributed by atoms with van der Waals surface area (Å²) in [6.45, 7) is 3.62. The molecule has 1 aromatic rings. The van der Waals surface area contributed by atoms with Gasteiger partial charge in [-0.05, 0) is 43.4 Å². The summed E-state index contributed by atoms with van der Waals surface area (Å²) in [6, 6.07) is 4.03. The molecule has 1 saturated carbocycles. The number of nitrogens with one attached hydrogen (secondary N) is 1. The zero-order valence-electron chi connectivity index (χ0n) is 10.9. The van der Waals surface area contributed by atoms with Crippen LogP contribution in [0.5, 0.6) is 11.5 Å². The lowest BCUT2D eigenvalue weighted by atomic mass is 9.98. The van der Waals surface area contributed by atoms with Crippen molar-refractivity contribution in [2.24, 2.45) is 5.41 Å². The topological polar surface area (TPSA) is 30.5 Å². The van der Waals surface area contributed by atoms with Gasteiger partial charge in [-0.2, -0.15) is 0 Å². The fourth-order valence-corrected chi connectivity index (χ4v) is 3.29. The highest BCUT2D eigenvalue weighted by molar-refractivity contribution is 6.31. The standard InChI is InChI=1S/C15H18ClNO2/c16-12-6-14-13(5-11(12)10-1-4-17-7-10)18-8-15(2-3-15)9-19-14/h5-6,10,17H,1-4,7-9H2. The molecular weight excluding hydrogens is 262 g/mol. The number of fused-ring (bicyclic) bond motifs is 1. The number of rotatable bonds is 1. The normalized spacial score (nSPS) is 27.3. The van der Waals surface area contributed by atoms with Crippen molar-refractivity contribution >= 4 is 11.6 Å². The van der Waals surface area contributed by atoms with E-state index in [1.165, 1.54) is 18.4 Å². The van der Waals surface area contributed by atoms with Crippen LogP contribution in [0.1, 0.15) is 30.7 Å². The predicted octanol–water partition coefficient (Wildman–Crippen LogP) is 2.97. The van der Waals surface area contributed by atoms with Crippen LogP contribution in [0.15, 0.2) is 12.1 Å². The van der Waals surface area contributed by atoms with Gasteiger partial charge in [-0.25, -0.2) is 0 Å². The molecule has 0 aromatic heterocycles. The van der Waals surface area contributed by atoms with Gasteiger partial charge in [0.1, 0.15) is 0 Å². The zero-order chi connectivity index (χ0) is 12.9. The molecule has 1 aromatic carbocycles. The molecule has 1 N–H and O–H groups in total. The Morgan fingerprint density at radius 2 is 1.89 bits per heavy atom. The number of hydrogen-bond acceptors (Lipinski definition) is 3. The van der Waals surface area contributed by atoms with Crippen molar-refractivity contribution in [1.29, 1.82) is 0 Å². The summed E-state index contributed by atoms with van der Waals surface area (Å²) >= 11 is 6.42. The molecular formula is C15H18ClNO2. The van der Waals surface area contributed by atoms with Crippen LogP contribution in [0.4, 0.5) is 0 Å². The summed E-state index contributed by atoms with van der Waals surface area (Å²) in [5.41, 5.74) is 1.47. The van der Waals surface area contributed by atoms with Crippen molar-refractivity contribution in [2.45, 2.75) is 25.2 Å². The van der Waals surface area contributed by atoms with Crippen LogP contribution in [0.25, 0.3) is 0 Å². The first kappa shape index (κ1) is 11.9. The number of ether oxygens (including phenoxy) is 2. The molecule has 2 aliphatic heterocycles. The Hall–Kier alpha value is -0.930. The average molecular weight is 280 g/mol. The molecule has 2 fully saturated rings. The molecule has 1 spiro atoms. The monoisotopic (exact) mass is 279 g/mol. The maximum absolute atomic E-state index is 6.42. The third kappa shape index (κ3) is 2.09. The SMILES string of the molecule is Clc1cc2c(cc1C1CCNC1)OCC1(CC1)CO2. The van der Waals surface area contributed by atoms with Crippen LogP contribution in [-0.2, 0) is 0 Å². The van der Waals surface area contributed by atoms with Crippen molar-refractivity contribution < 1.29 is 9.47 Å². The molecule has 0 amide bonds. The Labute approximate surface area is 118 Å². The molecule has 4 rings (SSSR count). The number of hydrogen-bond donors (Lipinski definition) is 1. The lowest BCUT2D eigenvalue weighted by Gasteiger charge is -2.15. The van der Waals surface area contributed by atoms with Crippen molar-refractivity contribution in [2.75, 3.05) is 26.3 Å². The minimum atomic E-state index is 0.278. The van der Waals surface area contributed by atoms with Gasteiger partial charge in [-0.3, -0.25) is 0 Å². The van der Waals surface area contributed by atoms with E-state index in [4.69, 9.17) is 21.1 Å². The van der Waals surface area contributed by atoms with E-state index in [-0.39, 0.29) is 5.41 Å². The maximum Gasteiger partial charge on any atom is 0.162 e. The van der Waals surface area contributed by atoms with Gasteiger partial charge >= 0.3 is 0 Å². The Kier molecular flexibility index (Phi) is 2.68. The molecule has 3 nitrogen and oxygen atoms in total. The van der Waals surface area contributed by atoms with Gasteiger partial charge in [-0.1, -0.05) is 11.6 Å². The summed E-state index contributed by atoms with van der Waals surface area (Å²) in [4.78, 5) is 0. The summed E-state index contributed by atoms with van der Waals surface area (Å²) in [6.07, 6.45) is 3.57. The van der Waals surface area contributed by atoms with Gasteiger partial charge in [0.05, 0.1) is 13.2 Å². The van der Waals surface area contributed by atoms with Crippen LogP contribution in [0, 0.1) is 5.41 Å². The predicted molar refractivity (Wildman–Crippen MR) is 74.3 cm³/mol. The molecule has 1 atom stereocenters. The van der Waals surface area contributed by atoms with Crippen LogP contribution >= 0.6 is 11.6 Å². The van der Waals surface area contributed by atoms with Crippen LogP contribution in [0.3, 0.4) is 0 Å². The maximum atomic E-state index is 6.42. The quantitative estimate of drug-likeness (QED) is 0.857. The van der Waals surface area contributed by atoms with Gasteiger partial charge < -0.3 is 14.8 Å². The largest absolute Gasteiger partial charge is 0.489 e. The molecule has 0 radical (unpaired) electrons. The highest BCUT2D eigenvalue weighted by Gasteiger charge is 2.46. The van der Waals surface area contributed by atoms with Gasteiger partial charge in [0.25, 0.3) is 0 Å².